The summed E-state index contributed by atoms with van der Waals surface area (Å²) in [6.07, 6.45) is 0. The van der Waals surface area contributed by atoms with Crippen LogP contribution in [0.3, 0.4) is 0 Å². The minimum absolute atomic E-state index is 0.151. The number of aromatic hydroxyl groups is 1. The quantitative estimate of drug-likeness (QED) is 0.762. The molecule has 4 nitrogen and oxygen atoms in total. The van der Waals surface area contributed by atoms with Crippen molar-refractivity contribution in [1.29, 1.82) is 0 Å². The van der Waals surface area contributed by atoms with Gasteiger partial charge in [-0.2, -0.15) is 0 Å². The highest BCUT2D eigenvalue weighted by atomic mass is 16.5. The van der Waals surface area contributed by atoms with Gasteiger partial charge in [-0.1, -0.05) is 0 Å². The molecular formula is C12H17NO3. The highest BCUT2D eigenvalue weighted by Gasteiger charge is 2.20. The van der Waals surface area contributed by atoms with E-state index >= 15 is 0 Å². The topological polar surface area (TPSA) is 72.5 Å². The average molecular weight is 223 g/mol. The number of methoxy groups -OCH3 is 1. The van der Waals surface area contributed by atoms with Crippen LogP contribution in [0.4, 0.5) is 0 Å². The molecule has 0 heterocycles. The predicted molar refractivity (Wildman–Crippen MR) is 62.1 cm³/mol. The molecule has 0 aromatic heterocycles. The zero-order valence-electron chi connectivity index (χ0n) is 10.00. The van der Waals surface area contributed by atoms with E-state index in [9.17, 15) is 9.90 Å². The lowest BCUT2D eigenvalue weighted by Crippen LogP contribution is -2.27. The first-order chi connectivity index (χ1) is 7.40. The second kappa shape index (κ2) is 4.53. The van der Waals surface area contributed by atoms with Crippen molar-refractivity contribution >= 4 is 5.78 Å². The third-order valence-electron chi connectivity index (χ3n) is 2.56. The number of benzene rings is 1. The second-order valence-electron chi connectivity index (χ2n) is 3.90. The molecule has 0 saturated heterocycles. The summed E-state index contributed by atoms with van der Waals surface area (Å²) in [6, 6.07) is 1.02. The lowest BCUT2D eigenvalue weighted by atomic mass is 9.98. The van der Waals surface area contributed by atoms with E-state index in [0.717, 1.165) is 0 Å². The van der Waals surface area contributed by atoms with E-state index in [1.807, 2.05) is 0 Å². The highest BCUT2D eigenvalue weighted by molar-refractivity contribution is 6.02. The van der Waals surface area contributed by atoms with Gasteiger partial charge in [0, 0.05) is 5.56 Å². The van der Waals surface area contributed by atoms with Crippen molar-refractivity contribution in [2.75, 3.05) is 7.11 Å². The van der Waals surface area contributed by atoms with E-state index in [2.05, 4.69) is 0 Å². The Morgan fingerprint density at radius 2 is 2.06 bits per heavy atom. The van der Waals surface area contributed by atoms with E-state index in [4.69, 9.17) is 10.5 Å². The number of phenols is 1. The number of phenolic OH excluding ortho intramolecular Hbond substituents is 1. The largest absolute Gasteiger partial charge is 0.507 e. The maximum absolute atomic E-state index is 11.9. The molecule has 3 N–H and O–H groups in total. The molecule has 0 saturated carbocycles. The number of ketones is 1. The minimum Gasteiger partial charge on any atom is -0.507 e. The Balaban J connectivity index is 3.45. The third-order valence-corrected chi connectivity index (χ3v) is 2.56. The van der Waals surface area contributed by atoms with Gasteiger partial charge in [0.25, 0.3) is 0 Å². The molecule has 0 spiro atoms. The van der Waals surface area contributed by atoms with Crippen LogP contribution in [0.25, 0.3) is 0 Å². The SMILES string of the molecule is COc1c(C(=O)C(C)N)cc(C)c(O)c1C. The number of rotatable bonds is 3. The fraction of sp³-hybridized carbons (Fsp3) is 0.417. The first-order valence-electron chi connectivity index (χ1n) is 5.07. The molecule has 0 aliphatic heterocycles. The Morgan fingerprint density at radius 3 is 2.50 bits per heavy atom. The van der Waals surface area contributed by atoms with Crippen LogP contribution in [0.1, 0.15) is 28.4 Å². The Labute approximate surface area is 95.0 Å². The van der Waals surface area contributed by atoms with Gasteiger partial charge < -0.3 is 15.6 Å². The van der Waals surface area contributed by atoms with Crippen molar-refractivity contribution in [3.05, 3.63) is 22.8 Å². The molecule has 1 rings (SSSR count). The minimum atomic E-state index is -0.586. The van der Waals surface area contributed by atoms with Crippen molar-refractivity contribution in [1.82, 2.24) is 0 Å². The van der Waals surface area contributed by atoms with Gasteiger partial charge in [-0.05, 0) is 32.4 Å². The van der Waals surface area contributed by atoms with Crippen LogP contribution in [0.2, 0.25) is 0 Å². The Bertz CT molecular complexity index is 425. The van der Waals surface area contributed by atoms with Gasteiger partial charge in [0.1, 0.15) is 11.5 Å². The number of carbonyl (C=O) groups excluding carboxylic acids is 1. The van der Waals surface area contributed by atoms with Crippen LogP contribution < -0.4 is 10.5 Å². The van der Waals surface area contributed by atoms with Crippen molar-refractivity contribution in [3.8, 4) is 11.5 Å². The van der Waals surface area contributed by atoms with Crippen molar-refractivity contribution in [3.63, 3.8) is 0 Å². The number of nitrogens with two attached hydrogens (primary N) is 1. The van der Waals surface area contributed by atoms with Crippen LogP contribution in [-0.2, 0) is 0 Å². The third kappa shape index (κ3) is 2.02. The summed E-state index contributed by atoms with van der Waals surface area (Å²) in [6.45, 7) is 5.07. The normalized spacial score (nSPS) is 12.3. The average Bonchev–Trinajstić information content (AvgIpc) is 2.24. The van der Waals surface area contributed by atoms with E-state index in [1.54, 1.807) is 26.8 Å². The Morgan fingerprint density at radius 1 is 1.50 bits per heavy atom. The van der Waals surface area contributed by atoms with Crippen molar-refractivity contribution < 1.29 is 14.6 Å². The zero-order chi connectivity index (χ0) is 12.5. The van der Waals surface area contributed by atoms with Gasteiger partial charge in [-0.15, -0.1) is 0 Å². The zero-order valence-corrected chi connectivity index (χ0v) is 10.00. The molecule has 0 amide bonds. The molecule has 88 valence electrons. The molecule has 4 heteroatoms. The smallest absolute Gasteiger partial charge is 0.182 e. The first kappa shape index (κ1) is 12.5. The fourth-order valence-electron chi connectivity index (χ4n) is 1.65. The maximum atomic E-state index is 11.9. The summed E-state index contributed by atoms with van der Waals surface area (Å²) >= 11 is 0. The standard InChI is InChI=1S/C12H17NO3/c1-6-5-9(11(15)8(3)13)12(16-4)7(2)10(6)14/h5,8,14H,13H2,1-4H3. The Kier molecular flexibility index (Phi) is 3.55. The summed E-state index contributed by atoms with van der Waals surface area (Å²) in [5.74, 6) is 0.353. The lowest BCUT2D eigenvalue weighted by Gasteiger charge is -2.15. The molecule has 0 aliphatic rings. The fourth-order valence-corrected chi connectivity index (χ4v) is 1.65. The number of hydrogen-bond donors (Lipinski definition) is 2. The van der Waals surface area contributed by atoms with Gasteiger partial charge >= 0.3 is 0 Å². The molecule has 1 atom stereocenters. The van der Waals surface area contributed by atoms with Crippen LogP contribution in [0.5, 0.6) is 11.5 Å². The maximum Gasteiger partial charge on any atom is 0.182 e. The molecular weight excluding hydrogens is 206 g/mol. The van der Waals surface area contributed by atoms with Crippen LogP contribution in [-0.4, -0.2) is 24.0 Å². The Hall–Kier alpha value is -1.55. The van der Waals surface area contributed by atoms with E-state index in [0.29, 0.717) is 22.4 Å². The first-order valence-corrected chi connectivity index (χ1v) is 5.07. The van der Waals surface area contributed by atoms with Crippen LogP contribution in [0.15, 0.2) is 6.07 Å². The number of Topliss-reactive ketones (excluding diaryl/α,β-unsaturated/α-hetero) is 1. The molecule has 1 unspecified atom stereocenters. The summed E-state index contributed by atoms with van der Waals surface area (Å²) in [7, 11) is 1.47. The second-order valence-corrected chi connectivity index (χ2v) is 3.90. The van der Waals surface area contributed by atoms with E-state index < -0.39 is 6.04 Å². The summed E-state index contributed by atoms with van der Waals surface area (Å²) in [5.41, 5.74) is 7.19. The van der Waals surface area contributed by atoms with Crippen LogP contribution >= 0.6 is 0 Å². The van der Waals surface area contributed by atoms with Gasteiger partial charge in [0.05, 0.1) is 18.7 Å². The van der Waals surface area contributed by atoms with Gasteiger partial charge in [0.15, 0.2) is 5.78 Å². The van der Waals surface area contributed by atoms with Crippen LogP contribution in [0, 0.1) is 13.8 Å². The molecule has 0 bridgehead atoms. The van der Waals surface area contributed by atoms with Gasteiger partial charge in [-0.3, -0.25) is 4.79 Å². The molecule has 1 aromatic carbocycles. The van der Waals surface area contributed by atoms with E-state index in [-0.39, 0.29) is 11.5 Å². The number of carbonyl (C=O) groups is 1. The summed E-state index contributed by atoms with van der Waals surface area (Å²) in [5, 5.41) is 9.74. The molecule has 0 aliphatic carbocycles. The number of ether oxygens (including phenoxy) is 1. The molecule has 1 aromatic rings. The molecule has 0 fully saturated rings. The number of hydrogen-bond acceptors (Lipinski definition) is 4. The van der Waals surface area contributed by atoms with Gasteiger partial charge in [-0.25, -0.2) is 0 Å². The van der Waals surface area contributed by atoms with Gasteiger partial charge in [0.2, 0.25) is 0 Å². The van der Waals surface area contributed by atoms with Crippen molar-refractivity contribution in [2.24, 2.45) is 5.73 Å². The molecule has 16 heavy (non-hydrogen) atoms. The highest BCUT2D eigenvalue weighted by Crippen LogP contribution is 2.34. The predicted octanol–water partition coefficient (Wildman–Crippen LogP) is 1.55. The van der Waals surface area contributed by atoms with E-state index in [1.165, 1.54) is 7.11 Å². The lowest BCUT2D eigenvalue weighted by molar-refractivity contribution is 0.0964. The molecule has 0 radical (unpaired) electrons. The van der Waals surface area contributed by atoms with Crippen molar-refractivity contribution in [2.45, 2.75) is 26.8 Å². The summed E-state index contributed by atoms with van der Waals surface area (Å²) in [4.78, 5) is 11.9. The monoisotopic (exact) mass is 223 g/mol. The summed E-state index contributed by atoms with van der Waals surface area (Å²) < 4.78 is 5.15. The number of aryl methyl sites for hydroxylation is 1.